The predicted octanol–water partition coefficient (Wildman–Crippen LogP) is -0.105. The molecule has 0 spiro atoms. The monoisotopic (exact) mass is 433 g/mol. The van der Waals surface area contributed by atoms with Gasteiger partial charge in [0.1, 0.15) is 6.54 Å². The molecule has 4 N–H and O–H groups in total. The number of hydrogen-bond acceptors (Lipinski definition) is 6. The van der Waals surface area contributed by atoms with Crippen molar-refractivity contribution in [1.29, 1.82) is 0 Å². The van der Waals surface area contributed by atoms with Crippen LogP contribution in [0, 0.1) is 0 Å². The average molecular weight is 433 g/mol. The number of rotatable bonds is 10. The fraction of sp³-hybridized carbons (Fsp3) is 0.250. The molecular weight excluding hydrogens is 410 g/mol. The van der Waals surface area contributed by atoms with Crippen LogP contribution >= 0.6 is 0 Å². The van der Waals surface area contributed by atoms with Crippen molar-refractivity contribution in [2.75, 3.05) is 19.7 Å². The first kappa shape index (κ1) is 23.0. The van der Waals surface area contributed by atoms with Crippen molar-refractivity contribution in [3.8, 4) is 0 Å². The fourth-order valence-electron chi connectivity index (χ4n) is 2.45. The Hall–Kier alpha value is -3.24. The normalized spacial score (nSPS) is 10.8. The summed E-state index contributed by atoms with van der Waals surface area (Å²) in [6, 6.07) is 15.1. The van der Waals surface area contributed by atoms with Crippen LogP contribution in [-0.2, 0) is 42.0 Å². The quantitative estimate of drug-likeness (QED) is 0.446. The maximum Gasteiger partial charge on any atom is 0.325 e. The molecule has 0 bridgehead atoms. The molecule has 0 unspecified atom stereocenters. The van der Waals surface area contributed by atoms with Crippen LogP contribution in [0.2, 0.25) is 0 Å². The highest BCUT2D eigenvalue weighted by molar-refractivity contribution is 7.89. The van der Waals surface area contributed by atoms with Crippen LogP contribution in [0.15, 0.2) is 59.5 Å². The highest BCUT2D eigenvalue weighted by atomic mass is 32.2. The summed E-state index contributed by atoms with van der Waals surface area (Å²) in [5, 5.41) is 10.0. The number of sulfonamides is 1. The number of hydrogen-bond donors (Lipinski definition) is 3. The van der Waals surface area contributed by atoms with Gasteiger partial charge in [0.05, 0.1) is 11.3 Å². The number of ether oxygens (including phenoxy) is 1. The Kier molecular flexibility index (Phi) is 8.51. The van der Waals surface area contributed by atoms with Crippen molar-refractivity contribution in [3.05, 3.63) is 65.7 Å². The molecule has 9 nitrogen and oxygen atoms in total. The van der Waals surface area contributed by atoms with Crippen molar-refractivity contribution in [1.82, 2.24) is 10.6 Å². The summed E-state index contributed by atoms with van der Waals surface area (Å²) >= 11 is 0. The Morgan fingerprint density at radius 3 is 2.17 bits per heavy atom. The maximum absolute atomic E-state index is 11.8. The first-order valence-electron chi connectivity index (χ1n) is 9.09. The van der Waals surface area contributed by atoms with Crippen LogP contribution in [0.4, 0.5) is 0 Å². The molecule has 0 saturated carbocycles. The van der Waals surface area contributed by atoms with Crippen LogP contribution in [0.1, 0.15) is 11.1 Å². The van der Waals surface area contributed by atoms with Gasteiger partial charge in [-0.25, -0.2) is 13.6 Å². The van der Waals surface area contributed by atoms with Gasteiger partial charge in [0.25, 0.3) is 5.91 Å². The van der Waals surface area contributed by atoms with Crippen LogP contribution in [0.5, 0.6) is 0 Å². The Balaban J connectivity index is 1.61. The van der Waals surface area contributed by atoms with Gasteiger partial charge in [-0.3, -0.25) is 14.4 Å². The predicted molar refractivity (Wildman–Crippen MR) is 109 cm³/mol. The molecule has 0 aliphatic heterocycles. The van der Waals surface area contributed by atoms with Crippen molar-refractivity contribution < 1.29 is 27.5 Å². The summed E-state index contributed by atoms with van der Waals surface area (Å²) in [6.45, 7) is -0.508. The van der Waals surface area contributed by atoms with Crippen molar-refractivity contribution in [2.24, 2.45) is 5.14 Å². The second kappa shape index (κ2) is 11.1. The fourth-order valence-corrected chi connectivity index (χ4v) is 2.97. The van der Waals surface area contributed by atoms with Gasteiger partial charge in [-0.05, 0) is 29.7 Å². The van der Waals surface area contributed by atoms with Gasteiger partial charge in [0.2, 0.25) is 15.9 Å². The van der Waals surface area contributed by atoms with E-state index in [0.29, 0.717) is 6.42 Å². The SMILES string of the molecule is NS(=O)(=O)c1ccc(CCNC(=O)COC(=O)CNC(=O)Cc2ccccc2)cc1. The third-order valence-corrected chi connectivity index (χ3v) is 4.92. The molecule has 0 radical (unpaired) electrons. The van der Waals surface area contributed by atoms with E-state index in [1.807, 2.05) is 18.2 Å². The molecule has 0 aliphatic rings. The summed E-state index contributed by atoms with van der Waals surface area (Å²) in [5.41, 5.74) is 1.63. The molecule has 2 aromatic rings. The third kappa shape index (κ3) is 8.41. The zero-order chi connectivity index (χ0) is 22.0. The van der Waals surface area contributed by atoms with E-state index in [4.69, 9.17) is 9.88 Å². The van der Waals surface area contributed by atoms with Crippen molar-refractivity contribution >= 4 is 27.8 Å². The molecule has 0 aromatic heterocycles. The lowest BCUT2D eigenvalue weighted by Gasteiger charge is -2.08. The lowest BCUT2D eigenvalue weighted by molar-refractivity contribution is -0.148. The van der Waals surface area contributed by atoms with E-state index in [9.17, 15) is 22.8 Å². The molecule has 2 amide bonds. The maximum atomic E-state index is 11.8. The van der Waals surface area contributed by atoms with E-state index in [1.54, 1.807) is 24.3 Å². The summed E-state index contributed by atoms with van der Waals surface area (Å²) in [7, 11) is -3.74. The van der Waals surface area contributed by atoms with Crippen molar-refractivity contribution in [2.45, 2.75) is 17.7 Å². The Labute approximate surface area is 174 Å². The van der Waals surface area contributed by atoms with E-state index < -0.39 is 28.5 Å². The number of carbonyl (C=O) groups is 3. The topological polar surface area (TPSA) is 145 Å². The Morgan fingerprint density at radius 2 is 1.53 bits per heavy atom. The zero-order valence-corrected chi connectivity index (χ0v) is 17.0. The largest absolute Gasteiger partial charge is 0.454 e. The summed E-state index contributed by atoms with van der Waals surface area (Å²) in [4.78, 5) is 35.1. The number of carbonyl (C=O) groups excluding carboxylic acids is 3. The molecule has 0 saturated heterocycles. The van der Waals surface area contributed by atoms with E-state index in [0.717, 1.165) is 11.1 Å². The molecule has 10 heteroatoms. The molecule has 2 rings (SSSR count). The average Bonchev–Trinajstić information content (AvgIpc) is 2.71. The summed E-state index contributed by atoms with van der Waals surface area (Å²) < 4.78 is 27.2. The Morgan fingerprint density at radius 1 is 0.867 bits per heavy atom. The highest BCUT2D eigenvalue weighted by Crippen LogP contribution is 2.08. The highest BCUT2D eigenvalue weighted by Gasteiger charge is 2.10. The van der Waals surface area contributed by atoms with Crippen LogP contribution in [0.25, 0.3) is 0 Å². The summed E-state index contributed by atoms with van der Waals surface area (Å²) in [5.74, 6) is -1.53. The van der Waals surface area contributed by atoms with Gasteiger partial charge in [-0.15, -0.1) is 0 Å². The first-order chi connectivity index (χ1) is 14.2. The molecular formula is C20H23N3O6S. The lowest BCUT2D eigenvalue weighted by Crippen LogP contribution is -2.35. The zero-order valence-electron chi connectivity index (χ0n) is 16.2. The number of primary sulfonamides is 1. The second-order valence-corrected chi connectivity index (χ2v) is 7.95. The minimum Gasteiger partial charge on any atom is -0.454 e. The van der Waals surface area contributed by atoms with Crippen LogP contribution in [-0.4, -0.2) is 45.9 Å². The van der Waals surface area contributed by atoms with Crippen LogP contribution in [0.3, 0.4) is 0 Å². The molecule has 30 heavy (non-hydrogen) atoms. The first-order valence-corrected chi connectivity index (χ1v) is 10.6. The lowest BCUT2D eigenvalue weighted by atomic mass is 10.1. The van der Waals surface area contributed by atoms with Gasteiger partial charge in [-0.2, -0.15) is 0 Å². The molecule has 2 aromatic carbocycles. The van der Waals surface area contributed by atoms with Gasteiger partial charge in [0.15, 0.2) is 6.61 Å². The van der Waals surface area contributed by atoms with Gasteiger partial charge in [0, 0.05) is 6.54 Å². The molecule has 0 heterocycles. The minimum atomic E-state index is -3.74. The van der Waals surface area contributed by atoms with E-state index in [1.165, 1.54) is 12.1 Å². The molecule has 0 fully saturated rings. The number of amides is 2. The Bertz CT molecular complexity index is 975. The van der Waals surface area contributed by atoms with Gasteiger partial charge in [-0.1, -0.05) is 42.5 Å². The molecule has 160 valence electrons. The number of nitrogens with one attached hydrogen (secondary N) is 2. The molecule has 0 aliphatic carbocycles. The number of esters is 1. The van der Waals surface area contributed by atoms with Gasteiger partial charge < -0.3 is 15.4 Å². The van der Waals surface area contributed by atoms with E-state index in [-0.39, 0.29) is 30.3 Å². The van der Waals surface area contributed by atoms with Crippen molar-refractivity contribution in [3.63, 3.8) is 0 Å². The summed E-state index contributed by atoms with van der Waals surface area (Å²) in [6.07, 6.45) is 0.604. The smallest absolute Gasteiger partial charge is 0.325 e. The van der Waals surface area contributed by atoms with E-state index >= 15 is 0 Å². The standard InChI is InChI=1S/C20H23N3O6S/c21-30(27,28)17-8-6-15(7-9-17)10-11-22-19(25)14-29-20(26)13-23-18(24)12-16-4-2-1-3-5-16/h1-9H,10-14H2,(H,22,25)(H,23,24)(H2,21,27,28). The second-order valence-electron chi connectivity index (χ2n) is 6.39. The number of nitrogens with two attached hydrogens (primary N) is 1. The third-order valence-electron chi connectivity index (χ3n) is 3.99. The van der Waals surface area contributed by atoms with Crippen LogP contribution < -0.4 is 15.8 Å². The minimum absolute atomic E-state index is 0.0121. The number of benzene rings is 2. The van der Waals surface area contributed by atoms with E-state index in [2.05, 4.69) is 10.6 Å². The molecule has 0 atom stereocenters. The van der Waals surface area contributed by atoms with Gasteiger partial charge >= 0.3 is 5.97 Å².